The highest BCUT2D eigenvalue weighted by atomic mass is 16.5. The Morgan fingerprint density at radius 2 is 1.46 bits per heavy atom. The second-order valence-electron chi connectivity index (χ2n) is 6.32. The molecule has 0 atom stereocenters. The van der Waals surface area contributed by atoms with Gasteiger partial charge in [-0.25, -0.2) is 0 Å². The van der Waals surface area contributed by atoms with E-state index < -0.39 is 0 Å². The molecule has 1 aliphatic rings. The SMILES string of the molecule is O=C(OCCCN1CCCC1)C(c1ccccc1)c1ccccc1. The molecule has 24 heavy (non-hydrogen) atoms. The van der Waals surface area contributed by atoms with Crippen LogP contribution in [0, 0.1) is 0 Å². The minimum atomic E-state index is -0.348. The standard InChI is InChI=1S/C21H25NO2/c23-21(24-17-9-16-22-14-7-8-15-22)20(18-10-3-1-4-11-18)19-12-5-2-6-13-19/h1-6,10-13,20H,7-9,14-17H2. The largest absolute Gasteiger partial charge is 0.465 e. The van der Waals surface area contributed by atoms with Crippen LogP contribution in [-0.2, 0) is 9.53 Å². The maximum absolute atomic E-state index is 12.7. The molecule has 2 aromatic rings. The van der Waals surface area contributed by atoms with Crippen molar-refractivity contribution in [3.63, 3.8) is 0 Å². The molecule has 3 nitrogen and oxygen atoms in total. The summed E-state index contributed by atoms with van der Waals surface area (Å²) in [6.07, 6.45) is 3.50. The van der Waals surface area contributed by atoms with Gasteiger partial charge in [0.1, 0.15) is 5.92 Å². The van der Waals surface area contributed by atoms with Crippen LogP contribution in [0.1, 0.15) is 36.3 Å². The molecule has 1 fully saturated rings. The van der Waals surface area contributed by atoms with Crippen molar-refractivity contribution in [2.45, 2.75) is 25.2 Å². The molecule has 2 aromatic carbocycles. The Balaban J connectivity index is 1.61. The summed E-state index contributed by atoms with van der Waals surface area (Å²) in [5, 5.41) is 0. The van der Waals surface area contributed by atoms with Gasteiger partial charge in [-0.3, -0.25) is 4.79 Å². The first-order valence-electron chi connectivity index (χ1n) is 8.83. The van der Waals surface area contributed by atoms with Gasteiger partial charge in [-0.15, -0.1) is 0 Å². The Bertz CT molecular complexity index is 581. The van der Waals surface area contributed by atoms with Crippen molar-refractivity contribution in [1.29, 1.82) is 0 Å². The molecule has 0 aromatic heterocycles. The van der Waals surface area contributed by atoms with Gasteiger partial charge in [-0.2, -0.15) is 0 Å². The first-order valence-corrected chi connectivity index (χ1v) is 8.83. The van der Waals surface area contributed by atoms with Gasteiger partial charge in [0.25, 0.3) is 0 Å². The number of nitrogens with zero attached hydrogens (tertiary/aromatic N) is 1. The van der Waals surface area contributed by atoms with E-state index in [1.165, 1.54) is 25.9 Å². The minimum Gasteiger partial charge on any atom is -0.465 e. The summed E-state index contributed by atoms with van der Waals surface area (Å²) < 4.78 is 5.61. The van der Waals surface area contributed by atoms with Gasteiger partial charge in [-0.05, 0) is 43.5 Å². The quantitative estimate of drug-likeness (QED) is 0.572. The third-order valence-electron chi connectivity index (χ3n) is 4.56. The van der Waals surface area contributed by atoms with E-state index in [9.17, 15) is 4.79 Å². The summed E-state index contributed by atoms with van der Waals surface area (Å²) in [6.45, 7) is 3.88. The lowest BCUT2D eigenvalue weighted by Gasteiger charge is -2.18. The molecular weight excluding hydrogens is 298 g/mol. The smallest absolute Gasteiger partial charge is 0.317 e. The zero-order valence-electron chi connectivity index (χ0n) is 14.1. The molecule has 126 valence electrons. The van der Waals surface area contributed by atoms with Crippen molar-refractivity contribution < 1.29 is 9.53 Å². The van der Waals surface area contributed by atoms with Crippen LogP contribution in [0.25, 0.3) is 0 Å². The van der Waals surface area contributed by atoms with Crippen molar-refractivity contribution in [2.24, 2.45) is 0 Å². The Morgan fingerprint density at radius 1 is 0.917 bits per heavy atom. The van der Waals surface area contributed by atoms with Gasteiger partial charge in [-0.1, -0.05) is 60.7 Å². The van der Waals surface area contributed by atoms with E-state index in [1.54, 1.807) is 0 Å². The third-order valence-corrected chi connectivity index (χ3v) is 4.56. The van der Waals surface area contributed by atoms with Gasteiger partial charge in [0.2, 0.25) is 0 Å². The zero-order valence-corrected chi connectivity index (χ0v) is 14.1. The van der Waals surface area contributed by atoms with Gasteiger partial charge in [0, 0.05) is 6.54 Å². The Hall–Kier alpha value is -2.13. The second-order valence-corrected chi connectivity index (χ2v) is 6.32. The highest BCUT2D eigenvalue weighted by Crippen LogP contribution is 2.26. The highest BCUT2D eigenvalue weighted by molar-refractivity contribution is 5.82. The molecule has 0 N–H and O–H groups in total. The molecule has 0 saturated carbocycles. The zero-order chi connectivity index (χ0) is 16.6. The van der Waals surface area contributed by atoms with E-state index in [0.717, 1.165) is 24.1 Å². The lowest BCUT2D eigenvalue weighted by Crippen LogP contribution is -2.23. The van der Waals surface area contributed by atoms with Crippen LogP contribution < -0.4 is 0 Å². The van der Waals surface area contributed by atoms with Crippen molar-refractivity contribution in [1.82, 2.24) is 4.90 Å². The molecule has 0 bridgehead atoms. The third kappa shape index (κ3) is 4.45. The summed E-state index contributed by atoms with van der Waals surface area (Å²) >= 11 is 0. The van der Waals surface area contributed by atoms with Crippen molar-refractivity contribution in [2.75, 3.05) is 26.2 Å². The predicted octanol–water partition coefficient (Wildman–Crippen LogP) is 3.85. The Labute approximate surface area is 144 Å². The van der Waals surface area contributed by atoms with Crippen LogP contribution in [0.15, 0.2) is 60.7 Å². The van der Waals surface area contributed by atoms with E-state index in [4.69, 9.17) is 4.74 Å². The summed E-state index contributed by atoms with van der Waals surface area (Å²) in [4.78, 5) is 15.1. The van der Waals surface area contributed by atoms with Crippen LogP contribution >= 0.6 is 0 Å². The number of rotatable bonds is 7. The van der Waals surface area contributed by atoms with Crippen LogP contribution in [0.5, 0.6) is 0 Å². The van der Waals surface area contributed by atoms with Crippen LogP contribution in [0.4, 0.5) is 0 Å². The first kappa shape index (κ1) is 16.7. The van der Waals surface area contributed by atoms with Crippen LogP contribution in [0.2, 0.25) is 0 Å². The molecule has 0 amide bonds. The monoisotopic (exact) mass is 323 g/mol. The minimum absolute atomic E-state index is 0.158. The fourth-order valence-corrected chi connectivity index (χ4v) is 3.31. The number of hydrogen-bond donors (Lipinski definition) is 0. The second kappa shape index (κ2) is 8.65. The predicted molar refractivity (Wildman–Crippen MR) is 96.0 cm³/mol. The van der Waals surface area contributed by atoms with Gasteiger partial charge >= 0.3 is 5.97 Å². The molecule has 0 spiro atoms. The Morgan fingerprint density at radius 3 is 2.00 bits per heavy atom. The summed E-state index contributed by atoms with van der Waals surface area (Å²) in [5.41, 5.74) is 1.96. The van der Waals surface area contributed by atoms with E-state index in [1.807, 2.05) is 60.7 Å². The van der Waals surface area contributed by atoms with E-state index >= 15 is 0 Å². The average molecular weight is 323 g/mol. The number of esters is 1. The van der Waals surface area contributed by atoms with Crippen LogP contribution in [-0.4, -0.2) is 37.1 Å². The van der Waals surface area contributed by atoms with Gasteiger partial charge in [0.05, 0.1) is 6.61 Å². The molecule has 1 aliphatic heterocycles. The number of ether oxygens (including phenoxy) is 1. The maximum Gasteiger partial charge on any atom is 0.317 e. The Kier molecular flexibility index (Phi) is 6.02. The maximum atomic E-state index is 12.7. The number of benzene rings is 2. The fraction of sp³-hybridized carbons (Fsp3) is 0.381. The summed E-state index contributed by atoms with van der Waals surface area (Å²) in [5.74, 6) is -0.506. The number of likely N-dealkylation sites (tertiary alicyclic amines) is 1. The molecular formula is C21H25NO2. The van der Waals surface area contributed by atoms with Gasteiger partial charge < -0.3 is 9.64 Å². The molecule has 1 saturated heterocycles. The van der Waals surface area contributed by atoms with E-state index in [2.05, 4.69) is 4.90 Å². The fourth-order valence-electron chi connectivity index (χ4n) is 3.31. The van der Waals surface area contributed by atoms with Crippen molar-refractivity contribution >= 4 is 5.97 Å². The lowest BCUT2D eigenvalue weighted by atomic mass is 9.91. The lowest BCUT2D eigenvalue weighted by molar-refractivity contribution is -0.144. The van der Waals surface area contributed by atoms with E-state index in [0.29, 0.717) is 6.61 Å². The molecule has 1 heterocycles. The topological polar surface area (TPSA) is 29.5 Å². The number of carbonyl (C=O) groups excluding carboxylic acids is 1. The van der Waals surface area contributed by atoms with Crippen LogP contribution in [0.3, 0.4) is 0 Å². The summed E-state index contributed by atoms with van der Waals surface area (Å²) in [6, 6.07) is 19.7. The highest BCUT2D eigenvalue weighted by Gasteiger charge is 2.24. The first-order chi connectivity index (χ1) is 11.8. The van der Waals surface area contributed by atoms with Crippen molar-refractivity contribution in [3.05, 3.63) is 71.8 Å². The number of hydrogen-bond acceptors (Lipinski definition) is 3. The average Bonchev–Trinajstić information content (AvgIpc) is 3.14. The normalized spacial score (nSPS) is 14.9. The molecule has 0 radical (unpaired) electrons. The number of carbonyl (C=O) groups is 1. The van der Waals surface area contributed by atoms with Crippen molar-refractivity contribution in [3.8, 4) is 0 Å². The van der Waals surface area contributed by atoms with E-state index in [-0.39, 0.29) is 11.9 Å². The summed E-state index contributed by atoms with van der Waals surface area (Å²) in [7, 11) is 0. The van der Waals surface area contributed by atoms with Gasteiger partial charge in [0.15, 0.2) is 0 Å². The molecule has 3 heteroatoms. The molecule has 3 rings (SSSR count). The molecule has 0 unspecified atom stereocenters. The molecule has 0 aliphatic carbocycles.